The van der Waals surface area contributed by atoms with E-state index < -0.39 is 0 Å². The highest BCUT2D eigenvalue weighted by atomic mass is 16.5. The van der Waals surface area contributed by atoms with Crippen molar-refractivity contribution < 1.29 is 9.53 Å². The van der Waals surface area contributed by atoms with E-state index in [4.69, 9.17) is 4.74 Å². The molecule has 3 heterocycles. The Morgan fingerprint density at radius 2 is 2.12 bits per heavy atom. The second kappa shape index (κ2) is 8.27. The zero-order valence-corrected chi connectivity index (χ0v) is 15.6. The number of hydrogen-bond acceptors (Lipinski definition) is 5. The SMILES string of the molecule is CC(C)C1CN(C2CCOCC2)CC1NC(=O)CCc1nncn1C. The van der Waals surface area contributed by atoms with E-state index in [0.717, 1.165) is 45.0 Å². The predicted octanol–water partition coefficient (Wildman–Crippen LogP) is 0.999. The summed E-state index contributed by atoms with van der Waals surface area (Å²) in [4.78, 5) is 15.0. The number of rotatable bonds is 6. The lowest BCUT2D eigenvalue weighted by atomic mass is 9.91. The number of likely N-dealkylation sites (tertiary alicyclic amines) is 1. The van der Waals surface area contributed by atoms with Gasteiger partial charge in [0.2, 0.25) is 5.91 Å². The Bertz CT molecular complexity index is 568. The Morgan fingerprint density at radius 3 is 2.76 bits per heavy atom. The van der Waals surface area contributed by atoms with Gasteiger partial charge in [-0.15, -0.1) is 10.2 Å². The average molecular weight is 349 g/mol. The third kappa shape index (κ3) is 4.58. The van der Waals surface area contributed by atoms with Crippen molar-refractivity contribution in [3.63, 3.8) is 0 Å². The zero-order valence-electron chi connectivity index (χ0n) is 15.6. The van der Waals surface area contributed by atoms with E-state index in [0.29, 0.717) is 30.7 Å². The lowest BCUT2D eigenvalue weighted by Crippen LogP contribution is -2.43. The molecule has 0 saturated carbocycles. The van der Waals surface area contributed by atoms with Crippen LogP contribution in [-0.4, -0.2) is 64.0 Å². The number of carbonyl (C=O) groups excluding carboxylic acids is 1. The van der Waals surface area contributed by atoms with Crippen molar-refractivity contribution in [3.05, 3.63) is 12.2 Å². The van der Waals surface area contributed by atoms with Gasteiger partial charge in [-0.2, -0.15) is 0 Å². The van der Waals surface area contributed by atoms with Crippen molar-refractivity contribution in [2.75, 3.05) is 26.3 Å². The third-order valence-corrected chi connectivity index (χ3v) is 5.68. The smallest absolute Gasteiger partial charge is 0.220 e. The summed E-state index contributed by atoms with van der Waals surface area (Å²) in [6.45, 7) is 8.29. The van der Waals surface area contributed by atoms with Crippen LogP contribution in [0.3, 0.4) is 0 Å². The van der Waals surface area contributed by atoms with E-state index in [-0.39, 0.29) is 11.9 Å². The third-order valence-electron chi connectivity index (χ3n) is 5.68. The fraction of sp³-hybridized carbons (Fsp3) is 0.833. The van der Waals surface area contributed by atoms with Crippen LogP contribution in [0.15, 0.2) is 6.33 Å². The Labute approximate surface area is 150 Å². The molecular formula is C18H31N5O2. The molecule has 1 N–H and O–H groups in total. The summed E-state index contributed by atoms with van der Waals surface area (Å²) in [6.07, 6.45) is 4.98. The van der Waals surface area contributed by atoms with Crippen LogP contribution in [0.1, 0.15) is 38.9 Å². The molecule has 3 rings (SSSR count). The molecule has 1 aromatic heterocycles. The van der Waals surface area contributed by atoms with Gasteiger partial charge in [-0.05, 0) is 24.7 Å². The van der Waals surface area contributed by atoms with Crippen molar-refractivity contribution >= 4 is 5.91 Å². The molecule has 25 heavy (non-hydrogen) atoms. The van der Waals surface area contributed by atoms with E-state index in [2.05, 4.69) is 34.3 Å². The van der Waals surface area contributed by atoms with Crippen LogP contribution in [-0.2, 0) is 23.0 Å². The average Bonchev–Trinajstić information content (AvgIpc) is 3.20. The van der Waals surface area contributed by atoms with Crippen LogP contribution in [0.4, 0.5) is 0 Å². The second-order valence-corrected chi connectivity index (χ2v) is 7.74. The number of ether oxygens (including phenoxy) is 1. The first kappa shape index (κ1) is 18.3. The number of nitrogens with zero attached hydrogens (tertiary/aromatic N) is 4. The number of amides is 1. The fourth-order valence-corrected chi connectivity index (χ4v) is 4.07. The number of hydrogen-bond donors (Lipinski definition) is 1. The quantitative estimate of drug-likeness (QED) is 0.829. The van der Waals surface area contributed by atoms with Crippen molar-refractivity contribution in [2.45, 2.75) is 51.6 Å². The van der Waals surface area contributed by atoms with Gasteiger partial charge in [-0.25, -0.2) is 0 Å². The van der Waals surface area contributed by atoms with Gasteiger partial charge in [0.25, 0.3) is 0 Å². The summed E-state index contributed by atoms with van der Waals surface area (Å²) in [5.74, 6) is 2.05. The molecule has 2 fully saturated rings. The number of nitrogens with one attached hydrogen (secondary N) is 1. The summed E-state index contributed by atoms with van der Waals surface area (Å²) in [6, 6.07) is 0.852. The second-order valence-electron chi connectivity index (χ2n) is 7.74. The first-order valence-electron chi connectivity index (χ1n) is 9.48. The van der Waals surface area contributed by atoms with Gasteiger partial charge in [-0.3, -0.25) is 9.69 Å². The lowest BCUT2D eigenvalue weighted by molar-refractivity contribution is -0.122. The highest BCUT2D eigenvalue weighted by Crippen LogP contribution is 2.28. The summed E-state index contributed by atoms with van der Waals surface area (Å²) in [5.41, 5.74) is 0. The van der Waals surface area contributed by atoms with Crippen LogP contribution in [0, 0.1) is 11.8 Å². The minimum atomic E-state index is 0.118. The van der Waals surface area contributed by atoms with Crippen molar-refractivity contribution in [2.24, 2.45) is 18.9 Å². The lowest BCUT2D eigenvalue weighted by Gasteiger charge is -2.31. The minimum Gasteiger partial charge on any atom is -0.381 e. The van der Waals surface area contributed by atoms with Gasteiger partial charge in [0, 0.05) is 58.3 Å². The molecule has 0 bridgehead atoms. The summed E-state index contributed by atoms with van der Waals surface area (Å²) in [5, 5.41) is 11.2. The maximum atomic E-state index is 12.4. The van der Waals surface area contributed by atoms with Gasteiger partial charge in [0.1, 0.15) is 12.2 Å². The normalized spacial score (nSPS) is 25.6. The van der Waals surface area contributed by atoms with Crippen LogP contribution in [0.2, 0.25) is 0 Å². The summed E-state index contributed by atoms with van der Waals surface area (Å²) >= 11 is 0. The maximum Gasteiger partial charge on any atom is 0.220 e. The fourth-order valence-electron chi connectivity index (χ4n) is 4.07. The number of carbonyl (C=O) groups is 1. The summed E-state index contributed by atoms with van der Waals surface area (Å²) < 4.78 is 7.36. The van der Waals surface area contributed by atoms with Crippen molar-refractivity contribution in [3.8, 4) is 0 Å². The molecule has 140 valence electrons. The molecule has 2 unspecified atom stereocenters. The first-order valence-corrected chi connectivity index (χ1v) is 9.48. The standard InChI is InChI=1S/C18H31N5O2/c1-13(2)15-10-23(14-6-8-25-9-7-14)11-16(15)20-18(24)5-4-17-21-19-12-22(17)3/h12-16H,4-11H2,1-3H3,(H,20,24). The maximum absolute atomic E-state index is 12.4. The monoisotopic (exact) mass is 349 g/mol. The number of aryl methyl sites for hydroxylation is 2. The molecule has 0 spiro atoms. The van der Waals surface area contributed by atoms with Crippen molar-refractivity contribution in [1.29, 1.82) is 0 Å². The van der Waals surface area contributed by atoms with Crippen molar-refractivity contribution in [1.82, 2.24) is 25.0 Å². The number of aromatic nitrogens is 3. The molecular weight excluding hydrogens is 318 g/mol. The van der Waals surface area contributed by atoms with Crippen LogP contribution < -0.4 is 5.32 Å². The van der Waals surface area contributed by atoms with E-state index in [1.807, 2.05) is 11.6 Å². The highest BCUT2D eigenvalue weighted by Gasteiger charge is 2.38. The Morgan fingerprint density at radius 1 is 1.36 bits per heavy atom. The Kier molecular flexibility index (Phi) is 6.06. The molecule has 2 aliphatic rings. The Balaban J connectivity index is 1.53. The molecule has 0 aliphatic carbocycles. The molecule has 1 aromatic rings. The molecule has 7 heteroatoms. The van der Waals surface area contributed by atoms with Crippen LogP contribution >= 0.6 is 0 Å². The molecule has 2 atom stereocenters. The van der Waals surface area contributed by atoms with E-state index in [1.54, 1.807) is 6.33 Å². The van der Waals surface area contributed by atoms with Gasteiger partial charge in [-0.1, -0.05) is 13.8 Å². The summed E-state index contributed by atoms with van der Waals surface area (Å²) in [7, 11) is 1.91. The predicted molar refractivity (Wildman–Crippen MR) is 95.0 cm³/mol. The van der Waals surface area contributed by atoms with Crippen LogP contribution in [0.25, 0.3) is 0 Å². The van der Waals surface area contributed by atoms with E-state index >= 15 is 0 Å². The van der Waals surface area contributed by atoms with E-state index in [1.165, 1.54) is 0 Å². The van der Waals surface area contributed by atoms with E-state index in [9.17, 15) is 4.79 Å². The molecule has 0 aromatic carbocycles. The molecule has 2 aliphatic heterocycles. The highest BCUT2D eigenvalue weighted by molar-refractivity contribution is 5.76. The van der Waals surface area contributed by atoms with Gasteiger partial charge < -0.3 is 14.6 Å². The topological polar surface area (TPSA) is 72.3 Å². The largest absolute Gasteiger partial charge is 0.381 e. The molecule has 2 saturated heterocycles. The molecule has 0 radical (unpaired) electrons. The molecule has 7 nitrogen and oxygen atoms in total. The molecule has 1 amide bonds. The van der Waals surface area contributed by atoms with Gasteiger partial charge in [0.15, 0.2) is 0 Å². The minimum absolute atomic E-state index is 0.118. The van der Waals surface area contributed by atoms with Gasteiger partial charge in [0.05, 0.1) is 0 Å². The first-order chi connectivity index (χ1) is 12.0. The van der Waals surface area contributed by atoms with Gasteiger partial charge >= 0.3 is 0 Å². The zero-order chi connectivity index (χ0) is 17.8. The van der Waals surface area contributed by atoms with Crippen LogP contribution in [0.5, 0.6) is 0 Å². The Hall–Kier alpha value is -1.47.